The van der Waals surface area contributed by atoms with Crippen molar-refractivity contribution in [2.75, 3.05) is 6.61 Å². The molecule has 0 radical (unpaired) electrons. The number of aryl methyl sites for hydroxylation is 1. The molecule has 0 amide bonds. The van der Waals surface area contributed by atoms with Crippen LogP contribution in [0.1, 0.15) is 13.8 Å². The van der Waals surface area contributed by atoms with Crippen LogP contribution in [-0.4, -0.2) is 62.1 Å². The van der Waals surface area contributed by atoms with Gasteiger partial charge in [0.15, 0.2) is 0 Å². The zero-order chi connectivity index (χ0) is 23.9. The SMILES string of the molecule is [2H]c1c(C([2H])([2H])[2H])c([2H])c2nc(Sc3nnnn3CCO)c(Sc3nnnn3C)nc2c1[2H]. The summed E-state index contributed by atoms with van der Waals surface area (Å²) in [4.78, 5) is 8.85. The Bertz CT molecular complexity index is 1340. The predicted molar refractivity (Wildman–Crippen MR) is 96.2 cm³/mol. The minimum Gasteiger partial charge on any atom is -0.394 e. The molecule has 0 aliphatic heterocycles. The van der Waals surface area contributed by atoms with Gasteiger partial charge in [0.05, 0.1) is 28.3 Å². The summed E-state index contributed by atoms with van der Waals surface area (Å²) in [6.45, 7) is -2.87. The van der Waals surface area contributed by atoms with Gasteiger partial charge in [-0.3, -0.25) is 0 Å². The van der Waals surface area contributed by atoms with Crippen LogP contribution < -0.4 is 0 Å². The van der Waals surface area contributed by atoms with Crippen LogP contribution in [0.25, 0.3) is 11.0 Å². The first-order valence-corrected chi connectivity index (χ1v) is 9.02. The van der Waals surface area contributed by atoms with Crippen molar-refractivity contribution in [3.63, 3.8) is 0 Å². The first kappa shape index (κ1) is 11.9. The molecule has 0 bridgehead atoms. The molecule has 0 atom stereocenters. The third-order valence-electron chi connectivity index (χ3n) is 3.15. The predicted octanol–water partition coefficient (Wildman–Crippen LogP) is 0.743. The molecule has 4 rings (SSSR count). The van der Waals surface area contributed by atoms with E-state index in [2.05, 4.69) is 41.0 Å². The average Bonchev–Trinajstić information content (AvgIpc) is 3.35. The quantitative estimate of drug-likeness (QED) is 0.484. The van der Waals surface area contributed by atoms with E-state index in [9.17, 15) is 5.11 Å². The van der Waals surface area contributed by atoms with Crippen molar-refractivity contribution in [1.29, 1.82) is 0 Å². The first-order chi connectivity index (χ1) is 15.6. The van der Waals surface area contributed by atoms with E-state index in [0.29, 0.717) is 5.16 Å². The third kappa shape index (κ3) is 3.74. The molecular formula is C14H14N10OS2. The zero-order valence-corrected chi connectivity index (χ0v) is 15.3. The minimum atomic E-state index is -2.78. The molecule has 27 heavy (non-hydrogen) atoms. The maximum atomic E-state index is 9.23. The minimum absolute atomic E-state index is 0.102. The van der Waals surface area contributed by atoms with Gasteiger partial charge >= 0.3 is 0 Å². The summed E-state index contributed by atoms with van der Waals surface area (Å²) in [5.74, 6) is 0. The highest BCUT2D eigenvalue weighted by Crippen LogP contribution is 2.35. The van der Waals surface area contributed by atoms with E-state index < -0.39 is 30.5 Å². The summed E-state index contributed by atoms with van der Waals surface area (Å²) in [5, 5.41) is 32.8. The lowest BCUT2D eigenvalue weighted by molar-refractivity contribution is 0.262. The Morgan fingerprint density at radius 3 is 2.56 bits per heavy atom. The first-order valence-electron chi connectivity index (χ1n) is 10.4. The van der Waals surface area contributed by atoms with Gasteiger partial charge in [-0.25, -0.2) is 19.3 Å². The molecule has 13 heteroatoms. The van der Waals surface area contributed by atoms with Gasteiger partial charge in [0.2, 0.25) is 10.3 Å². The number of benzene rings is 1. The largest absolute Gasteiger partial charge is 0.394 e. The number of aliphatic hydroxyl groups excluding tert-OH is 1. The van der Waals surface area contributed by atoms with Crippen molar-refractivity contribution >= 4 is 34.6 Å². The number of fused-ring (bicyclic) bond motifs is 1. The Morgan fingerprint density at radius 2 is 1.81 bits per heavy atom. The van der Waals surface area contributed by atoms with E-state index in [4.69, 9.17) is 8.22 Å². The standard InChI is InChI=1S/C14H14N10OS2/c1-8-3-4-9-10(7-8)16-12(27-14-18-20-22-24(14)5-6-25)11(15-9)26-13-17-19-21-23(13)2/h3-4,7,25H,5-6H2,1-2H3/i1D3,3D,4D,7D. The third-order valence-corrected chi connectivity index (χ3v) is 5.24. The van der Waals surface area contributed by atoms with Crippen molar-refractivity contribution < 1.29 is 13.3 Å². The van der Waals surface area contributed by atoms with Gasteiger partial charge < -0.3 is 5.11 Å². The lowest BCUT2D eigenvalue weighted by atomic mass is 10.2. The summed E-state index contributed by atoms with van der Waals surface area (Å²) in [6.07, 6.45) is 0. The summed E-state index contributed by atoms with van der Waals surface area (Å²) >= 11 is 2.00. The molecule has 138 valence electrons. The van der Waals surface area contributed by atoms with Crippen LogP contribution in [-0.2, 0) is 13.6 Å². The number of hydrogen-bond donors (Lipinski definition) is 1. The number of aromatic nitrogens is 10. The van der Waals surface area contributed by atoms with Crippen molar-refractivity contribution in [2.24, 2.45) is 7.05 Å². The molecule has 0 fully saturated rings. The van der Waals surface area contributed by atoms with Crippen LogP contribution in [0.2, 0.25) is 0 Å². The second kappa shape index (κ2) is 7.54. The maximum Gasteiger partial charge on any atom is 0.215 e. The second-order valence-electron chi connectivity index (χ2n) is 4.98. The Kier molecular flexibility index (Phi) is 3.34. The van der Waals surface area contributed by atoms with Gasteiger partial charge in [-0.1, -0.05) is 6.04 Å². The number of nitrogens with zero attached hydrogens (tertiary/aromatic N) is 10. The summed E-state index contributed by atoms with van der Waals surface area (Å²) in [5.41, 5.74) is -0.825. The van der Waals surface area contributed by atoms with Crippen molar-refractivity contribution in [2.45, 2.75) is 33.8 Å². The topological polar surface area (TPSA) is 133 Å². The van der Waals surface area contributed by atoms with Gasteiger partial charge in [-0.05, 0) is 68.9 Å². The summed E-state index contributed by atoms with van der Waals surface area (Å²) in [6, 6.07) is -1.57. The Morgan fingerprint density at radius 1 is 1.07 bits per heavy atom. The number of aliphatic hydroxyl groups is 1. The van der Waals surface area contributed by atoms with Gasteiger partial charge in [0.25, 0.3) is 0 Å². The molecule has 1 aromatic carbocycles. The summed E-state index contributed by atoms with van der Waals surface area (Å²) < 4.78 is 50.6. The maximum absolute atomic E-state index is 9.23. The highest BCUT2D eigenvalue weighted by Gasteiger charge is 2.18. The molecule has 0 unspecified atom stereocenters. The zero-order valence-electron chi connectivity index (χ0n) is 19.7. The molecule has 3 heterocycles. The molecule has 0 saturated carbocycles. The van der Waals surface area contributed by atoms with E-state index in [1.807, 2.05) is 0 Å². The van der Waals surface area contributed by atoms with Gasteiger partial charge in [-0.15, -0.1) is 10.2 Å². The number of hydrogen-bond acceptors (Lipinski definition) is 11. The number of rotatable bonds is 6. The van der Waals surface area contributed by atoms with Crippen molar-refractivity contribution in [1.82, 2.24) is 50.4 Å². The van der Waals surface area contributed by atoms with Gasteiger partial charge in [0.1, 0.15) is 10.1 Å². The fourth-order valence-electron chi connectivity index (χ4n) is 1.97. The molecular weight excluding hydrogens is 388 g/mol. The van der Waals surface area contributed by atoms with Crippen LogP contribution in [0.3, 0.4) is 0 Å². The van der Waals surface area contributed by atoms with Crippen molar-refractivity contribution in [3.05, 3.63) is 23.7 Å². The van der Waals surface area contributed by atoms with Crippen molar-refractivity contribution in [3.8, 4) is 0 Å². The van der Waals surface area contributed by atoms with Crippen LogP contribution in [0.15, 0.2) is 38.5 Å². The number of tetrazole rings is 2. The van der Waals surface area contributed by atoms with Gasteiger partial charge in [-0.2, -0.15) is 0 Å². The van der Waals surface area contributed by atoms with Gasteiger partial charge in [0, 0.05) is 11.2 Å². The van der Waals surface area contributed by atoms with Crippen LogP contribution in [0.5, 0.6) is 0 Å². The van der Waals surface area contributed by atoms with Crippen LogP contribution in [0, 0.1) is 6.85 Å². The Hall–Kier alpha value is -2.64. The normalized spacial score (nSPS) is 15.0. The second-order valence-corrected chi connectivity index (χ2v) is 6.89. The molecule has 4 aromatic rings. The average molecular weight is 409 g/mol. The molecule has 0 spiro atoms. The van der Waals surface area contributed by atoms with E-state index in [1.165, 1.54) is 9.36 Å². The summed E-state index contributed by atoms with van der Waals surface area (Å²) in [7, 11) is 1.62. The lowest BCUT2D eigenvalue weighted by Crippen LogP contribution is -2.06. The fraction of sp³-hybridized carbons (Fsp3) is 0.286. The fourth-order valence-corrected chi connectivity index (χ4v) is 3.66. The smallest absolute Gasteiger partial charge is 0.215 e. The van der Waals surface area contributed by atoms with E-state index in [-0.39, 0.29) is 39.4 Å². The highest BCUT2D eigenvalue weighted by molar-refractivity contribution is 8.02. The monoisotopic (exact) mass is 408 g/mol. The lowest BCUT2D eigenvalue weighted by Gasteiger charge is -2.08. The molecule has 3 aromatic heterocycles. The van der Waals surface area contributed by atoms with E-state index in [1.54, 1.807) is 7.05 Å². The van der Waals surface area contributed by atoms with E-state index >= 15 is 0 Å². The molecule has 1 N–H and O–H groups in total. The Labute approximate surface area is 170 Å². The van der Waals surface area contributed by atoms with Crippen LogP contribution in [0.4, 0.5) is 0 Å². The molecule has 11 nitrogen and oxygen atoms in total. The molecule has 0 saturated heterocycles. The highest BCUT2D eigenvalue weighted by atomic mass is 32.2. The van der Waals surface area contributed by atoms with Crippen LogP contribution >= 0.6 is 23.5 Å². The molecule has 0 aliphatic carbocycles. The van der Waals surface area contributed by atoms with E-state index in [0.717, 1.165) is 23.5 Å². The molecule has 0 aliphatic rings. The Balaban J connectivity index is 1.95.